The largest absolute Gasteiger partial charge is 0.367 e. The first-order valence-electron chi connectivity index (χ1n) is 7.88. The Hall–Kier alpha value is -1.07. The lowest BCUT2D eigenvalue weighted by Gasteiger charge is -2.32. The zero-order valence-electron chi connectivity index (χ0n) is 12.8. The van der Waals surface area contributed by atoms with Crippen LogP contribution >= 0.6 is 0 Å². The number of nitrogens with zero attached hydrogens (tertiary/aromatic N) is 1. The summed E-state index contributed by atoms with van der Waals surface area (Å²) in [6, 6.07) is 7.86. The second-order valence-corrected chi connectivity index (χ2v) is 7.89. The molecule has 0 spiro atoms. The molecule has 1 aromatic carbocycles. The van der Waals surface area contributed by atoms with Gasteiger partial charge in [0.1, 0.15) is 0 Å². The number of sulfone groups is 1. The van der Waals surface area contributed by atoms with Gasteiger partial charge in [0.2, 0.25) is 0 Å². The van der Waals surface area contributed by atoms with E-state index >= 15 is 0 Å². The molecule has 2 N–H and O–H groups in total. The molecular weight excluding hydrogens is 284 g/mol. The van der Waals surface area contributed by atoms with Gasteiger partial charge in [-0.3, -0.25) is 0 Å². The van der Waals surface area contributed by atoms with Gasteiger partial charge in [-0.05, 0) is 37.9 Å². The molecule has 1 saturated carbocycles. The van der Waals surface area contributed by atoms with Crippen molar-refractivity contribution >= 4 is 15.5 Å². The van der Waals surface area contributed by atoms with Gasteiger partial charge in [-0.15, -0.1) is 0 Å². The van der Waals surface area contributed by atoms with Gasteiger partial charge < -0.3 is 10.6 Å². The highest BCUT2D eigenvalue weighted by molar-refractivity contribution is 7.91. The molecule has 118 valence electrons. The van der Waals surface area contributed by atoms with Gasteiger partial charge in [-0.2, -0.15) is 0 Å². The lowest BCUT2D eigenvalue weighted by atomic mass is 10.1. The molecule has 0 saturated heterocycles. The van der Waals surface area contributed by atoms with Crippen molar-refractivity contribution < 1.29 is 8.42 Å². The van der Waals surface area contributed by atoms with Gasteiger partial charge >= 0.3 is 0 Å². The third kappa shape index (κ3) is 3.77. The van der Waals surface area contributed by atoms with Crippen molar-refractivity contribution in [3.63, 3.8) is 0 Å². The molecule has 1 aromatic rings. The van der Waals surface area contributed by atoms with E-state index < -0.39 is 9.84 Å². The van der Waals surface area contributed by atoms with Crippen LogP contribution in [0.5, 0.6) is 0 Å². The number of benzene rings is 1. The van der Waals surface area contributed by atoms with Crippen molar-refractivity contribution in [1.82, 2.24) is 0 Å². The Kier molecular flexibility index (Phi) is 5.65. The molecule has 1 aliphatic rings. The maximum atomic E-state index is 12.4. The van der Waals surface area contributed by atoms with E-state index in [0.29, 0.717) is 17.5 Å². The smallest absolute Gasteiger partial charge is 0.180 e. The Morgan fingerprint density at radius 1 is 1.24 bits per heavy atom. The Bertz CT molecular complexity index is 551. The van der Waals surface area contributed by atoms with Crippen molar-refractivity contribution in [2.24, 2.45) is 5.73 Å². The van der Waals surface area contributed by atoms with Crippen LogP contribution in [-0.4, -0.2) is 33.3 Å². The maximum Gasteiger partial charge on any atom is 0.180 e. The maximum absolute atomic E-state index is 12.4. The van der Waals surface area contributed by atoms with Gasteiger partial charge in [-0.25, -0.2) is 8.42 Å². The highest BCUT2D eigenvalue weighted by atomic mass is 32.2. The average molecular weight is 310 g/mol. The van der Waals surface area contributed by atoms with Crippen molar-refractivity contribution in [3.05, 3.63) is 24.3 Å². The summed E-state index contributed by atoms with van der Waals surface area (Å²) in [6.45, 7) is 3.16. The molecule has 21 heavy (non-hydrogen) atoms. The van der Waals surface area contributed by atoms with Gasteiger partial charge in [0.05, 0.1) is 16.3 Å². The normalized spacial score (nSPS) is 16.3. The lowest BCUT2D eigenvalue weighted by Crippen LogP contribution is -2.36. The number of para-hydroxylation sites is 1. The lowest BCUT2D eigenvalue weighted by molar-refractivity contribution is 0.580. The van der Waals surface area contributed by atoms with Crippen LogP contribution < -0.4 is 10.6 Å². The van der Waals surface area contributed by atoms with E-state index in [9.17, 15) is 8.42 Å². The molecule has 1 fully saturated rings. The summed E-state index contributed by atoms with van der Waals surface area (Å²) in [6.07, 6.45) is 5.63. The van der Waals surface area contributed by atoms with E-state index in [0.717, 1.165) is 31.5 Å². The third-order valence-electron chi connectivity index (χ3n) is 4.26. The van der Waals surface area contributed by atoms with E-state index in [1.54, 1.807) is 13.0 Å². The average Bonchev–Trinajstić information content (AvgIpc) is 3.02. The van der Waals surface area contributed by atoms with Gasteiger partial charge in [0, 0.05) is 12.6 Å². The molecule has 0 aromatic heterocycles. The molecule has 4 nitrogen and oxygen atoms in total. The number of hydrogen-bond donors (Lipinski definition) is 1. The van der Waals surface area contributed by atoms with Gasteiger partial charge in [0.25, 0.3) is 0 Å². The Morgan fingerprint density at radius 3 is 2.52 bits per heavy atom. The molecule has 0 bridgehead atoms. The van der Waals surface area contributed by atoms with Crippen LogP contribution in [0.15, 0.2) is 29.2 Å². The zero-order valence-corrected chi connectivity index (χ0v) is 13.6. The van der Waals surface area contributed by atoms with Crippen LogP contribution in [0.25, 0.3) is 0 Å². The molecule has 2 rings (SSSR count). The molecule has 0 unspecified atom stereocenters. The summed E-state index contributed by atoms with van der Waals surface area (Å²) < 4.78 is 24.7. The summed E-state index contributed by atoms with van der Waals surface area (Å²) >= 11 is 0. The minimum absolute atomic E-state index is 0.138. The molecule has 1 aliphatic carbocycles. The first kappa shape index (κ1) is 16.3. The van der Waals surface area contributed by atoms with E-state index in [1.165, 1.54) is 12.8 Å². The Morgan fingerprint density at radius 2 is 1.90 bits per heavy atom. The first-order chi connectivity index (χ1) is 10.1. The van der Waals surface area contributed by atoms with E-state index in [-0.39, 0.29) is 5.75 Å². The van der Waals surface area contributed by atoms with Gasteiger partial charge in [0.15, 0.2) is 9.84 Å². The number of hydrogen-bond acceptors (Lipinski definition) is 4. The fourth-order valence-corrected chi connectivity index (χ4v) is 4.19. The van der Waals surface area contributed by atoms with Crippen molar-refractivity contribution in [1.29, 1.82) is 0 Å². The van der Waals surface area contributed by atoms with Crippen LogP contribution in [0.1, 0.15) is 39.0 Å². The molecule has 0 heterocycles. The summed E-state index contributed by atoms with van der Waals surface area (Å²) in [5.41, 5.74) is 6.52. The monoisotopic (exact) mass is 310 g/mol. The summed E-state index contributed by atoms with van der Waals surface area (Å²) in [5.74, 6) is 0.138. The molecule has 0 atom stereocenters. The fourth-order valence-electron chi connectivity index (χ4n) is 3.09. The van der Waals surface area contributed by atoms with Gasteiger partial charge in [-0.1, -0.05) is 31.9 Å². The van der Waals surface area contributed by atoms with Crippen molar-refractivity contribution in [2.75, 3.05) is 23.7 Å². The standard InChI is InChI=1S/C16H26N2O2S/c1-2-21(19,20)16-11-6-5-10-15(16)18(13-7-12-17)14-8-3-4-9-14/h5-6,10-11,14H,2-4,7-9,12-13,17H2,1H3. The third-order valence-corrected chi connectivity index (χ3v) is 6.03. The molecule has 0 amide bonds. The molecule has 0 radical (unpaired) electrons. The zero-order chi connectivity index (χ0) is 15.3. The fraction of sp³-hybridized carbons (Fsp3) is 0.625. The predicted octanol–water partition coefficient (Wildman–Crippen LogP) is 2.58. The van der Waals surface area contributed by atoms with Crippen molar-refractivity contribution in [3.8, 4) is 0 Å². The van der Waals surface area contributed by atoms with Crippen LogP contribution in [-0.2, 0) is 9.84 Å². The predicted molar refractivity (Wildman–Crippen MR) is 87.4 cm³/mol. The first-order valence-corrected chi connectivity index (χ1v) is 9.54. The SMILES string of the molecule is CCS(=O)(=O)c1ccccc1N(CCCN)C1CCCC1. The Balaban J connectivity index is 2.39. The second kappa shape index (κ2) is 7.27. The van der Waals surface area contributed by atoms with Crippen LogP contribution in [0, 0.1) is 0 Å². The number of anilines is 1. The highest BCUT2D eigenvalue weighted by Crippen LogP contribution is 2.33. The Labute approximate surface area is 128 Å². The van der Waals surface area contributed by atoms with Crippen LogP contribution in [0.2, 0.25) is 0 Å². The van der Waals surface area contributed by atoms with E-state index in [4.69, 9.17) is 5.73 Å². The quantitative estimate of drug-likeness (QED) is 0.841. The number of nitrogens with two attached hydrogens (primary N) is 1. The minimum Gasteiger partial charge on any atom is -0.367 e. The number of rotatable bonds is 7. The summed E-state index contributed by atoms with van der Waals surface area (Å²) in [5, 5.41) is 0. The minimum atomic E-state index is -3.20. The molecular formula is C16H26N2O2S. The topological polar surface area (TPSA) is 63.4 Å². The van der Waals surface area contributed by atoms with Crippen LogP contribution in [0.4, 0.5) is 5.69 Å². The summed E-state index contributed by atoms with van der Waals surface area (Å²) in [7, 11) is -3.20. The second-order valence-electron chi connectivity index (χ2n) is 5.65. The molecule has 0 aliphatic heterocycles. The van der Waals surface area contributed by atoms with E-state index in [1.807, 2.05) is 18.2 Å². The molecule has 5 heteroatoms. The van der Waals surface area contributed by atoms with E-state index in [2.05, 4.69) is 4.90 Å². The highest BCUT2D eigenvalue weighted by Gasteiger charge is 2.27. The van der Waals surface area contributed by atoms with Crippen molar-refractivity contribution in [2.45, 2.75) is 50.0 Å². The summed E-state index contributed by atoms with van der Waals surface area (Å²) in [4.78, 5) is 2.75. The van der Waals surface area contributed by atoms with Crippen LogP contribution in [0.3, 0.4) is 0 Å².